The third kappa shape index (κ3) is 5.74. The number of piperidine rings is 1. The van der Waals surface area contributed by atoms with Crippen molar-refractivity contribution in [3.63, 3.8) is 0 Å². The van der Waals surface area contributed by atoms with Gasteiger partial charge in [-0.25, -0.2) is 16.8 Å². The molecule has 0 spiro atoms. The Morgan fingerprint density at radius 3 is 1.52 bits per heavy atom. The van der Waals surface area contributed by atoms with Gasteiger partial charge in [0.15, 0.2) is 19.7 Å². The van der Waals surface area contributed by atoms with Crippen molar-refractivity contribution in [3.05, 3.63) is 59.7 Å². The van der Waals surface area contributed by atoms with Crippen LogP contribution in [0.25, 0.3) is 0 Å². The summed E-state index contributed by atoms with van der Waals surface area (Å²) >= 11 is 0. The van der Waals surface area contributed by atoms with E-state index in [0.29, 0.717) is 18.2 Å². The van der Waals surface area contributed by atoms with Gasteiger partial charge in [-0.05, 0) is 82.9 Å². The molecule has 40 heavy (non-hydrogen) atoms. The van der Waals surface area contributed by atoms with Gasteiger partial charge in [-0.3, -0.25) is 4.79 Å². The van der Waals surface area contributed by atoms with Crippen molar-refractivity contribution in [1.82, 2.24) is 4.90 Å². The van der Waals surface area contributed by atoms with Crippen LogP contribution in [0.4, 0.5) is 26.3 Å². The Hall–Kier alpha value is -2.61. The summed E-state index contributed by atoms with van der Waals surface area (Å²) in [5, 5.41) is 0. The zero-order chi connectivity index (χ0) is 30.5. The summed E-state index contributed by atoms with van der Waals surface area (Å²) in [6.07, 6.45) is -9.31. The number of alkyl halides is 6. The molecule has 2 aromatic rings. The summed E-state index contributed by atoms with van der Waals surface area (Å²) in [6, 6.07) is 6.56. The monoisotopic (exact) mass is 613 g/mol. The largest absolute Gasteiger partial charge is 0.416 e. The molecule has 1 amide bonds. The number of halogens is 6. The number of carbonyl (C=O) groups excluding carboxylic acids is 1. The third-order valence-electron chi connectivity index (χ3n) is 7.59. The Balaban J connectivity index is 1.80. The van der Waals surface area contributed by atoms with Crippen LogP contribution in [0, 0.1) is 5.92 Å². The lowest BCUT2D eigenvalue weighted by Crippen LogP contribution is -2.54. The second-order valence-electron chi connectivity index (χ2n) is 10.7. The number of carbonyl (C=O) groups is 1. The molecule has 0 saturated carbocycles. The molecule has 6 nitrogen and oxygen atoms in total. The van der Waals surface area contributed by atoms with E-state index in [4.69, 9.17) is 0 Å². The van der Waals surface area contributed by atoms with Gasteiger partial charge in [0.1, 0.15) is 4.75 Å². The Kier molecular flexibility index (Phi) is 8.25. The van der Waals surface area contributed by atoms with Crippen molar-refractivity contribution in [1.29, 1.82) is 0 Å². The van der Waals surface area contributed by atoms with Gasteiger partial charge in [-0.1, -0.05) is 12.1 Å². The van der Waals surface area contributed by atoms with Crippen LogP contribution in [0.2, 0.25) is 0 Å². The van der Waals surface area contributed by atoms with E-state index in [0.717, 1.165) is 44.2 Å². The molecule has 1 aliphatic heterocycles. The molecule has 0 N–H and O–H groups in total. The highest BCUT2D eigenvalue weighted by Gasteiger charge is 2.49. The topological polar surface area (TPSA) is 88.6 Å². The van der Waals surface area contributed by atoms with Crippen molar-refractivity contribution in [2.75, 3.05) is 13.1 Å². The quantitative estimate of drug-likeness (QED) is 0.386. The third-order valence-corrected chi connectivity index (χ3v) is 12.6. The van der Waals surface area contributed by atoms with Crippen LogP contribution in [0.3, 0.4) is 0 Å². The number of benzene rings is 2. The minimum absolute atomic E-state index is 0.0490. The van der Waals surface area contributed by atoms with Crippen LogP contribution in [0.15, 0.2) is 58.3 Å². The second-order valence-corrected chi connectivity index (χ2v) is 15.8. The number of hydrogen-bond donors (Lipinski definition) is 0. The summed E-state index contributed by atoms with van der Waals surface area (Å²) in [5.74, 6) is -1.44. The molecular weight excluding hydrogens is 584 g/mol. The SMILES string of the molecule is CC(C)(C(=O)N1CCC(C(C)(C)S(=O)(=O)c2cccc(C(F)(F)F)c2)CC1)S(=O)(=O)c1cccc(C(F)(F)F)c1. The highest BCUT2D eigenvalue weighted by molar-refractivity contribution is 7.93. The predicted molar refractivity (Wildman–Crippen MR) is 135 cm³/mol. The Bertz CT molecular complexity index is 1490. The number of amides is 1. The van der Waals surface area contributed by atoms with Crippen molar-refractivity contribution < 1.29 is 48.0 Å². The fraction of sp³-hybridized carbons (Fsp3) is 0.500. The summed E-state index contributed by atoms with van der Waals surface area (Å²) in [7, 11) is -8.82. The molecule has 0 unspecified atom stereocenters. The van der Waals surface area contributed by atoms with Crippen LogP contribution in [-0.4, -0.2) is 50.2 Å². The number of likely N-dealkylation sites (tertiary alicyclic amines) is 1. The average Bonchev–Trinajstić information content (AvgIpc) is 2.87. The lowest BCUT2D eigenvalue weighted by Gasteiger charge is -2.42. The smallest absolute Gasteiger partial charge is 0.341 e. The minimum atomic E-state index is -4.79. The van der Waals surface area contributed by atoms with Crippen LogP contribution in [0.5, 0.6) is 0 Å². The van der Waals surface area contributed by atoms with E-state index in [-0.39, 0.29) is 25.9 Å². The van der Waals surface area contributed by atoms with E-state index in [1.807, 2.05) is 0 Å². The Labute approximate surface area is 229 Å². The fourth-order valence-corrected chi connectivity index (χ4v) is 8.08. The average molecular weight is 614 g/mol. The van der Waals surface area contributed by atoms with Crippen LogP contribution < -0.4 is 0 Å². The molecule has 0 aromatic heterocycles. The molecule has 1 aliphatic rings. The van der Waals surface area contributed by atoms with Crippen LogP contribution >= 0.6 is 0 Å². The first-order valence-corrected chi connectivity index (χ1v) is 15.1. The maximum absolute atomic E-state index is 13.4. The molecule has 14 heteroatoms. The van der Waals surface area contributed by atoms with E-state index in [1.165, 1.54) is 18.7 Å². The van der Waals surface area contributed by atoms with Crippen molar-refractivity contribution >= 4 is 25.6 Å². The standard InChI is InChI=1S/C26H29F6NO5S2/c1-23(2,39(35,36)20-9-5-7-18(15-20)25(27,28)29)17-11-13-33(14-12-17)22(34)24(3,4)40(37,38)21-10-6-8-19(16-21)26(30,31)32/h5-10,15-17H,11-14H2,1-4H3. The summed E-state index contributed by atoms with van der Waals surface area (Å²) in [5.41, 5.74) is -2.28. The summed E-state index contributed by atoms with van der Waals surface area (Å²) < 4.78 is 129. The molecule has 222 valence electrons. The van der Waals surface area contributed by atoms with Gasteiger partial charge >= 0.3 is 12.4 Å². The number of nitrogens with zero attached hydrogens (tertiary/aromatic N) is 1. The lowest BCUT2D eigenvalue weighted by molar-refractivity contribution is -0.138. The molecule has 0 radical (unpaired) electrons. The fourth-order valence-electron chi connectivity index (χ4n) is 4.77. The van der Waals surface area contributed by atoms with E-state index in [1.54, 1.807) is 0 Å². The number of sulfone groups is 2. The lowest BCUT2D eigenvalue weighted by atomic mass is 9.85. The van der Waals surface area contributed by atoms with Crippen molar-refractivity contribution in [3.8, 4) is 0 Å². The second kappa shape index (κ2) is 10.3. The van der Waals surface area contributed by atoms with Gasteiger partial charge < -0.3 is 4.90 Å². The molecule has 1 heterocycles. The highest BCUT2D eigenvalue weighted by Crippen LogP contribution is 2.40. The summed E-state index contributed by atoms with van der Waals surface area (Å²) in [4.78, 5) is 13.4. The van der Waals surface area contributed by atoms with Gasteiger partial charge in [0.05, 0.1) is 25.7 Å². The maximum atomic E-state index is 13.4. The van der Waals surface area contributed by atoms with Gasteiger partial charge in [-0.2, -0.15) is 26.3 Å². The van der Waals surface area contributed by atoms with Gasteiger partial charge in [0.2, 0.25) is 5.91 Å². The zero-order valence-corrected chi connectivity index (χ0v) is 23.7. The zero-order valence-electron chi connectivity index (χ0n) is 22.1. The Morgan fingerprint density at radius 2 is 1.12 bits per heavy atom. The van der Waals surface area contributed by atoms with E-state index in [2.05, 4.69) is 0 Å². The molecule has 2 aromatic carbocycles. The minimum Gasteiger partial charge on any atom is -0.341 e. The normalized spacial score (nSPS) is 16.7. The first-order valence-electron chi connectivity index (χ1n) is 12.2. The van der Waals surface area contributed by atoms with Gasteiger partial charge in [0.25, 0.3) is 0 Å². The van der Waals surface area contributed by atoms with Crippen LogP contribution in [0.1, 0.15) is 51.7 Å². The van der Waals surface area contributed by atoms with E-state index < -0.39 is 74.3 Å². The molecule has 0 aliphatic carbocycles. The highest BCUT2D eigenvalue weighted by atomic mass is 32.2. The molecular formula is C26H29F6NO5S2. The van der Waals surface area contributed by atoms with Gasteiger partial charge in [0, 0.05) is 13.1 Å². The molecule has 0 atom stereocenters. The summed E-state index contributed by atoms with van der Waals surface area (Å²) in [6.45, 7) is 4.89. The first kappa shape index (κ1) is 31.9. The van der Waals surface area contributed by atoms with Crippen LogP contribution in [-0.2, 0) is 36.8 Å². The van der Waals surface area contributed by atoms with Crippen molar-refractivity contribution in [2.24, 2.45) is 5.92 Å². The van der Waals surface area contributed by atoms with Crippen molar-refractivity contribution in [2.45, 2.75) is 72.2 Å². The first-order chi connectivity index (χ1) is 18.0. The number of rotatable bonds is 6. The molecule has 0 bridgehead atoms. The van der Waals surface area contributed by atoms with Gasteiger partial charge in [-0.15, -0.1) is 0 Å². The molecule has 1 fully saturated rings. The predicted octanol–water partition coefficient (Wildman–Crippen LogP) is 5.77. The Morgan fingerprint density at radius 1 is 0.725 bits per heavy atom. The molecule has 1 saturated heterocycles. The van der Waals surface area contributed by atoms with E-state index in [9.17, 15) is 48.0 Å². The molecule has 3 rings (SSSR count). The maximum Gasteiger partial charge on any atom is 0.416 e. The number of hydrogen-bond acceptors (Lipinski definition) is 5. The van der Waals surface area contributed by atoms with E-state index >= 15 is 0 Å².